The second kappa shape index (κ2) is 40.1. The van der Waals surface area contributed by atoms with E-state index >= 15 is 0 Å². The van der Waals surface area contributed by atoms with Crippen LogP contribution in [0.3, 0.4) is 0 Å². The van der Waals surface area contributed by atoms with E-state index in [0.717, 1.165) is 6.42 Å². The van der Waals surface area contributed by atoms with Gasteiger partial charge in [-0.15, -0.1) is 0 Å². The molecule has 3 heteroatoms. The zero-order valence-electron chi connectivity index (χ0n) is 34.7. The third-order valence-electron chi connectivity index (χ3n) is 11.5. The summed E-state index contributed by atoms with van der Waals surface area (Å²) in [6.45, 7) is 2.31. The lowest BCUT2D eigenvalue weighted by Crippen LogP contribution is -2.03. The van der Waals surface area contributed by atoms with Crippen LogP contribution in [0, 0.1) is 5.92 Å². The second-order valence-corrected chi connectivity index (χ2v) is 16.6. The maximum atomic E-state index is 11.4. The Labute approximate surface area is 320 Å². The molecule has 1 heterocycles. The van der Waals surface area contributed by atoms with E-state index in [2.05, 4.69) is 17.7 Å². The number of carbonyl (C=O) groups excluding carboxylic acids is 2. The smallest absolute Gasteiger partial charge is 0.321 e. The van der Waals surface area contributed by atoms with Crippen LogP contribution < -0.4 is 0 Å². The van der Waals surface area contributed by atoms with Gasteiger partial charge in [0.1, 0.15) is 0 Å². The van der Waals surface area contributed by atoms with Crippen molar-refractivity contribution < 1.29 is 14.3 Å². The third kappa shape index (κ3) is 35.7. The van der Waals surface area contributed by atoms with E-state index in [1.54, 1.807) is 0 Å². The fraction of sp³-hybridized carbons (Fsp3) is 0.917. The van der Waals surface area contributed by atoms with E-state index in [0.29, 0.717) is 0 Å². The van der Waals surface area contributed by atoms with E-state index in [9.17, 15) is 9.59 Å². The minimum Gasteiger partial charge on any atom is -0.393 e. The van der Waals surface area contributed by atoms with E-state index in [1.807, 2.05) is 6.08 Å². The molecule has 0 aromatic carbocycles. The van der Waals surface area contributed by atoms with Crippen LogP contribution in [0.2, 0.25) is 0 Å². The van der Waals surface area contributed by atoms with Crippen LogP contribution in [0.5, 0.6) is 0 Å². The SMILES string of the molecule is CCCCCCCCCCCCCCCCCCCCCCCCCCCCCCCCCCCCCCCCCCC=CC1CC(=O)OC1=O. The van der Waals surface area contributed by atoms with Gasteiger partial charge in [0.15, 0.2) is 0 Å². The zero-order chi connectivity index (χ0) is 36.6. The molecular formula is C48H90O3. The van der Waals surface area contributed by atoms with Crippen LogP contribution in [0.4, 0.5) is 0 Å². The van der Waals surface area contributed by atoms with Gasteiger partial charge < -0.3 is 4.74 Å². The molecular weight excluding hydrogens is 625 g/mol. The summed E-state index contributed by atoms with van der Waals surface area (Å²) in [5.41, 5.74) is 0. The minimum absolute atomic E-state index is 0.217. The molecule has 0 bridgehead atoms. The lowest BCUT2D eigenvalue weighted by atomic mass is 10.0. The van der Waals surface area contributed by atoms with Crippen molar-refractivity contribution in [1.82, 2.24) is 0 Å². The average Bonchev–Trinajstić information content (AvgIpc) is 3.46. The third-order valence-corrected chi connectivity index (χ3v) is 11.5. The maximum absolute atomic E-state index is 11.4. The first-order valence-electron chi connectivity index (χ1n) is 23.6. The van der Waals surface area contributed by atoms with Gasteiger partial charge in [0.05, 0.1) is 12.3 Å². The molecule has 300 valence electrons. The van der Waals surface area contributed by atoms with E-state index < -0.39 is 0 Å². The number of rotatable bonds is 42. The Morgan fingerprint density at radius 2 is 0.627 bits per heavy atom. The highest BCUT2D eigenvalue weighted by atomic mass is 16.6. The van der Waals surface area contributed by atoms with Gasteiger partial charge in [0, 0.05) is 0 Å². The van der Waals surface area contributed by atoms with Crippen molar-refractivity contribution in [3.63, 3.8) is 0 Å². The second-order valence-electron chi connectivity index (χ2n) is 16.6. The Balaban J connectivity index is 1.62. The Kier molecular flexibility index (Phi) is 37.6. The Hall–Kier alpha value is -1.12. The molecule has 1 atom stereocenters. The van der Waals surface area contributed by atoms with Crippen LogP contribution in [-0.4, -0.2) is 11.9 Å². The average molecular weight is 715 g/mol. The molecule has 51 heavy (non-hydrogen) atoms. The number of cyclic esters (lactones) is 2. The molecule has 0 aliphatic carbocycles. The maximum Gasteiger partial charge on any atom is 0.321 e. The molecule has 0 aromatic heterocycles. The van der Waals surface area contributed by atoms with Crippen molar-refractivity contribution in [2.24, 2.45) is 5.92 Å². The van der Waals surface area contributed by atoms with Crippen molar-refractivity contribution in [2.45, 2.75) is 277 Å². The highest BCUT2D eigenvalue weighted by Gasteiger charge is 2.30. The van der Waals surface area contributed by atoms with Gasteiger partial charge in [0.2, 0.25) is 0 Å². The highest BCUT2D eigenvalue weighted by Crippen LogP contribution is 2.19. The Morgan fingerprint density at radius 1 is 0.392 bits per heavy atom. The van der Waals surface area contributed by atoms with Gasteiger partial charge in [-0.25, -0.2) is 0 Å². The highest BCUT2D eigenvalue weighted by molar-refractivity contribution is 5.95. The lowest BCUT2D eigenvalue weighted by molar-refractivity contribution is -0.152. The van der Waals surface area contributed by atoms with Crippen LogP contribution in [0.1, 0.15) is 277 Å². The first-order chi connectivity index (χ1) is 25.2. The molecule has 1 rings (SSSR count). The van der Waals surface area contributed by atoms with Crippen molar-refractivity contribution in [3.05, 3.63) is 12.2 Å². The monoisotopic (exact) mass is 715 g/mol. The molecule has 1 aliphatic rings. The van der Waals surface area contributed by atoms with Gasteiger partial charge in [-0.3, -0.25) is 9.59 Å². The first-order valence-corrected chi connectivity index (χ1v) is 23.6. The first kappa shape index (κ1) is 47.9. The normalized spacial score (nSPS) is 14.7. The minimum atomic E-state index is -0.387. The molecule has 0 aromatic rings. The fourth-order valence-electron chi connectivity index (χ4n) is 7.95. The number of ether oxygens (including phenoxy) is 1. The molecule has 0 amide bonds. The largest absolute Gasteiger partial charge is 0.393 e. The van der Waals surface area contributed by atoms with Crippen molar-refractivity contribution in [2.75, 3.05) is 0 Å². The summed E-state index contributed by atoms with van der Waals surface area (Å²) in [4.78, 5) is 22.5. The fourth-order valence-corrected chi connectivity index (χ4v) is 7.95. The Morgan fingerprint density at radius 3 is 0.843 bits per heavy atom. The van der Waals surface area contributed by atoms with Gasteiger partial charge in [0.25, 0.3) is 0 Å². The topological polar surface area (TPSA) is 43.4 Å². The van der Waals surface area contributed by atoms with Gasteiger partial charge >= 0.3 is 11.9 Å². The summed E-state index contributed by atoms with van der Waals surface area (Å²) in [6.07, 6.45) is 62.9. The van der Waals surface area contributed by atoms with Gasteiger partial charge in [-0.1, -0.05) is 269 Å². The number of hydrogen-bond donors (Lipinski definition) is 0. The molecule has 1 saturated heterocycles. The number of esters is 2. The van der Waals surface area contributed by atoms with Gasteiger partial charge in [-0.05, 0) is 12.8 Å². The van der Waals surface area contributed by atoms with Crippen LogP contribution in [0.25, 0.3) is 0 Å². The summed E-state index contributed by atoms with van der Waals surface area (Å²) in [5.74, 6) is -1.11. The van der Waals surface area contributed by atoms with Crippen molar-refractivity contribution in [3.8, 4) is 0 Å². The number of carbonyl (C=O) groups is 2. The summed E-state index contributed by atoms with van der Waals surface area (Å²) in [7, 11) is 0. The molecule has 1 unspecified atom stereocenters. The Bertz CT molecular complexity index is 758. The number of allylic oxidation sites excluding steroid dienone is 1. The predicted octanol–water partition coefficient (Wildman–Crippen LogP) is 16.6. The number of unbranched alkanes of at least 4 members (excludes halogenated alkanes) is 40. The zero-order valence-corrected chi connectivity index (χ0v) is 34.7. The molecule has 1 aliphatic heterocycles. The van der Waals surface area contributed by atoms with Crippen LogP contribution >= 0.6 is 0 Å². The summed E-state index contributed by atoms with van der Waals surface area (Å²) in [6, 6.07) is 0. The summed E-state index contributed by atoms with van der Waals surface area (Å²) in [5, 5.41) is 0. The van der Waals surface area contributed by atoms with E-state index in [-0.39, 0.29) is 24.3 Å². The molecule has 0 spiro atoms. The molecule has 3 nitrogen and oxygen atoms in total. The van der Waals surface area contributed by atoms with Crippen molar-refractivity contribution in [1.29, 1.82) is 0 Å². The molecule has 0 saturated carbocycles. The predicted molar refractivity (Wildman–Crippen MR) is 223 cm³/mol. The van der Waals surface area contributed by atoms with Gasteiger partial charge in [-0.2, -0.15) is 0 Å². The van der Waals surface area contributed by atoms with E-state index in [1.165, 1.54) is 257 Å². The standard InChI is InChI=1S/C48H90O3/c1-2-3-4-5-6-7-8-9-10-11-12-13-14-15-16-17-18-19-20-21-22-23-24-25-26-27-28-29-30-31-32-33-34-35-36-37-38-39-40-41-42-43-44-46-45-47(49)51-48(46)50/h43-44,46H,2-42,45H2,1H3. The lowest BCUT2D eigenvalue weighted by Gasteiger charge is -2.05. The van der Waals surface area contributed by atoms with Crippen molar-refractivity contribution >= 4 is 11.9 Å². The molecule has 0 N–H and O–H groups in total. The van der Waals surface area contributed by atoms with Crippen LogP contribution in [0.15, 0.2) is 12.2 Å². The molecule has 1 fully saturated rings. The summed E-state index contributed by atoms with van der Waals surface area (Å²) < 4.78 is 4.58. The van der Waals surface area contributed by atoms with E-state index in [4.69, 9.17) is 0 Å². The quantitative estimate of drug-likeness (QED) is 0.0274. The molecule has 0 radical (unpaired) electrons. The summed E-state index contributed by atoms with van der Waals surface area (Å²) >= 11 is 0. The number of hydrogen-bond acceptors (Lipinski definition) is 3. The van der Waals surface area contributed by atoms with Crippen LogP contribution in [-0.2, 0) is 14.3 Å².